The standard InChI is InChI=1S/C51H39BN2/c1-35(2)42-33-49-51-50(34-42)54(44-27-23-39(24-28-44)36-15-7-3-8-16-36)48-32-41(38-19-11-5-12-20-38)26-30-46(48)52(51)45-29-25-40(37-17-9-4-10-18-37)31-47(45)53(49)43-21-13-6-14-22-43/h3-35H,1-2H3. The Kier molecular flexibility index (Phi) is 7.80. The molecule has 0 unspecified atom stereocenters. The van der Waals surface area contributed by atoms with E-state index in [1.54, 1.807) is 0 Å². The molecule has 0 N–H and O–H groups in total. The highest BCUT2D eigenvalue weighted by Crippen LogP contribution is 2.46. The maximum atomic E-state index is 2.53. The molecule has 256 valence electrons. The second-order valence-electron chi connectivity index (χ2n) is 14.8. The molecule has 10 rings (SSSR count). The maximum absolute atomic E-state index is 2.53. The quantitative estimate of drug-likeness (QED) is 0.160. The third-order valence-corrected chi connectivity index (χ3v) is 11.2. The predicted octanol–water partition coefficient (Wildman–Crippen LogP) is 11.9. The van der Waals surface area contributed by atoms with Crippen LogP contribution in [-0.2, 0) is 0 Å². The van der Waals surface area contributed by atoms with Gasteiger partial charge in [0.2, 0.25) is 0 Å². The van der Waals surface area contributed by atoms with Gasteiger partial charge in [-0.05, 0) is 110 Å². The molecule has 0 amide bonds. The molecule has 0 saturated heterocycles. The van der Waals surface area contributed by atoms with E-state index in [4.69, 9.17) is 0 Å². The summed E-state index contributed by atoms with van der Waals surface area (Å²) < 4.78 is 0. The molecule has 2 heterocycles. The second kappa shape index (κ2) is 13.1. The van der Waals surface area contributed by atoms with Gasteiger partial charge in [-0.2, -0.15) is 0 Å². The van der Waals surface area contributed by atoms with Crippen LogP contribution in [0.2, 0.25) is 0 Å². The molecule has 2 nitrogen and oxygen atoms in total. The molecule has 0 aliphatic carbocycles. The Labute approximate surface area is 318 Å². The third-order valence-electron chi connectivity index (χ3n) is 11.2. The zero-order valence-electron chi connectivity index (χ0n) is 30.5. The summed E-state index contributed by atoms with van der Waals surface area (Å²) in [4.78, 5) is 5.05. The number of anilines is 6. The minimum atomic E-state index is 0.0515. The number of rotatable bonds is 6. The molecule has 8 aromatic rings. The Balaban J connectivity index is 1.27. The highest BCUT2D eigenvalue weighted by atomic mass is 15.2. The number of para-hydroxylation sites is 1. The molecule has 0 saturated carbocycles. The van der Waals surface area contributed by atoms with E-state index >= 15 is 0 Å². The Morgan fingerprint density at radius 1 is 0.352 bits per heavy atom. The topological polar surface area (TPSA) is 6.48 Å². The van der Waals surface area contributed by atoms with Crippen LogP contribution >= 0.6 is 0 Å². The number of fused-ring (bicyclic) bond motifs is 4. The number of hydrogen-bond donors (Lipinski definition) is 0. The van der Waals surface area contributed by atoms with Crippen molar-refractivity contribution in [3.8, 4) is 33.4 Å². The lowest BCUT2D eigenvalue weighted by atomic mass is 9.33. The number of nitrogens with zero attached hydrogens (tertiary/aromatic N) is 2. The molecule has 2 aliphatic heterocycles. The lowest BCUT2D eigenvalue weighted by molar-refractivity contribution is 0.866. The molecule has 2 aliphatic rings. The van der Waals surface area contributed by atoms with Gasteiger partial charge in [-0.15, -0.1) is 0 Å². The summed E-state index contributed by atoms with van der Waals surface area (Å²) in [7, 11) is 0. The highest BCUT2D eigenvalue weighted by molar-refractivity contribution is 7.00. The van der Waals surface area contributed by atoms with E-state index in [1.165, 1.54) is 78.1 Å². The van der Waals surface area contributed by atoms with Gasteiger partial charge in [0.25, 0.3) is 6.71 Å². The van der Waals surface area contributed by atoms with E-state index in [1.807, 2.05) is 0 Å². The van der Waals surface area contributed by atoms with E-state index < -0.39 is 0 Å². The summed E-state index contributed by atoms with van der Waals surface area (Å²) in [6.07, 6.45) is 0. The van der Waals surface area contributed by atoms with Crippen molar-refractivity contribution in [2.75, 3.05) is 9.80 Å². The summed E-state index contributed by atoms with van der Waals surface area (Å²) >= 11 is 0. The second-order valence-corrected chi connectivity index (χ2v) is 14.8. The fourth-order valence-electron chi connectivity index (χ4n) is 8.53. The van der Waals surface area contributed by atoms with Crippen LogP contribution in [-0.4, -0.2) is 6.71 Å². The first kappa shape index (κ1) is 32.1. The summed E-state index contributed by atoms with van der Waals surface area (Å²) in [6.45, 7) is 4.68. The third kappa shape index (κ3) is 5.35. The Hall–Kier alpha value is -6.58. The Morgan fingerprint density at radius 2 is 0.722 bits per heavy atom. The van der Waals surface area contributed by atoms with Crippen LogP contribution in [0.5, 0.6) is 0 Å². The van der Waals surface area contributed by atoms with E-state index in [0.29, 0.717) is 5.92 Å². The average Bonchev–Trinajstić information content (AvgIpc) is 3.24. The van der Waals surface area contributed by atoms with Crippen molar-refractivity contribution < 1.29 is 0 Å². The summed E-state index contributed by atoms with van der Waals surface area (Å²) in [5.74, 6) is 0.332. The number of benzene rings is 8. The molecule has 54 heavy (non-hydrogen) atoms. The van der Waals surface area contributed by atoms with E-state index in [-0.39, 0.29) is 6.71 Å². The lowest BCUT2D eigenvalue weighted by Gasteiger charge is -2.45. The van der Waals surface area contributed by atoms with Gasteiger partial charge in [0.15, 0.2) is 0 Å². The maximum Gasteiger partial charge on any atom is 0.252 e. The molecule has 3 heteroatoms. The van der Waals surface area contributed by atoms with E-state index in [2.05, 4.69) is 218 Å². The molecule has 0 spiro atoms. The molecular weight excluding hydrogens is 651 g/mol. The van der Waals surface area contributed by atoms with Crippen LogP contribution in [0, 0.1) is 0 Å². The molecule has 8 aromatic carbocycles. The number of hydrogen-bond acceptors (Lipinski definition) is 2. The average molecular weight is 691 g/mol. The van der Waals surface area contributed by atoms with Crippen molar-refractivity contribution in [3.05, 3.63) is 200 Å². The smallest absolute Gasteiger partial charge is 0.252 e. The molecule has 0 radical (unpaired) electrons. The van der Waals surface area contributed by atoms with E-state index in [9.17, 15) is 0 Å². The van der Waals surface area contributed by atoms with Crippen molar-refractivity contribution in [1.29, 1.82) is 0 Å². The fourth-order valence-corrected chi connectivity index (χ4v) is 8.53. The minimum Gasteiger partial charge on any atom is -0.311 e. The summed E-state index contributed by atoms with van der Waals surface area (Å²) in [5, 5.41) is 0. The normalized spacial score (nSPS) is 12.7. The van der Waals surface area contributed by atoms with Crippen LogP contribution < -0.4 is 26.2 Å². The first-order valence-electron chi connectivity index (χ1n) is 19.0. The monoisotopic (exact) mass is 690 g/mol. The first-order valence-corrected chi connectivity index (χ1v) is 19.0. The zero-order valence-corrected chi connectivity index (χ0v) is 30.5. The van der Waals surface area contributed by atoms with Crippen molar-refractivity contribution >= 4 is 57.2 Å². The fraction of sp³-hybridized carbons (Fsp3) is 0.0588. The molecular formula is C51H39BN2. The highest BCUT2D eigenvalue weighted by Gasteiger charge is 2.43. The Bertz CT molecular complexity index is 2620. The minimum absolute atomic E-state index is 0.0515. The molecule has 0 bridgehead atoms. The Morgan fingerprint density at radius 3 is 1.17 bits per heavy atom. The molecule has 0 fully saturated rings. The van der Waals surface area contributed by atoms with Crippen LogP contribution in [0.3, 0.4) is 0 Å². The van der Waals surface area contributed by atoms with Crippen molar-refractivity contribution in [3.63, 3.8) is 0 Å². The van der Waals surface area contributed by atoms with E-state index in [0.717, 1.165) is 11.4 Å². The molecule has 0 aromatic heterocycles. The van der Waals surface area contributed by atoms with Gasteiger partial charge < -0.3 is 9.80 Å². The van der Waals surface area contributed by atoms with Gasteiger partial charge in [-0.3, -0.25) is 0 Å². The van der Waals surface area contributed by atoms with Crippen molar-refractivity contribution in [1.82, 2.24) is 0 Å². The van der Waals surface area contributed by atoms with Gasteiger partial charge >= 0.3 is 0 Å². The van der Waals surface area contributed by atoms with Gasteiger partial charge in [-0.25, -0.2) is 0 Å². The summed E-state index contributed by atoms with van der Waals surface area (Å²) in [5.41, 5.74) is 19.8. The lowest BCUT2D eigenvalue weighted by Crippen LogP contribution is -2.61. The van der Waals surface area contributed by atoms with Gasteiger partial charge in [0.05, 0.1) is 0 Å². The van der Waals surface area contributed by atoms with Gasteiger partial charge in [0.1, 0.15) is 0 Å². The van der Waals surface area contributed by atoms with Crippen molar-refractivity contribution in [2.45, 2.75) is 19.8 Å². The van der Waals surface area contributed by atoms with Crippen LogP contribution in [0.25, 0.3) is 33.4 Å². The largest absolute Gasteiger partial charge is 0.311 e. The van der Waals surface area contributed by atoms with Gasteiger partial charge in [-0.1, -0.05) is 159 Å². The predicted molar refractivity (Wildman–Crippen MR) is 231 cm³/mol. The molecule has 0 atom stereocenters. The van der Waals surface area contributed by atoms with Crippen LogP contribution in [0.1, 0.15) is 25.3 Å². The van der Waals surface area contributed by atoms with Crippen LogP contribution in [0.4, 0.5) is 34.1 Å². The van der Waals surface area contributed by atoms with Gasteiger partial charge in [0, 0.05) is 34.1 Å². The zero-order chi connectivity index (χ0) is 36.2. The first-order chi connectivity index (χ1) is 26.6. The van der Waals surface area contributed by atoms with Crippen molar-refractivity contribution in [2.24, 2.45) is 0 Å². The van der Waals surface area contributed by atoms with Crippen LogP contribution in [0.15, 0.2) is 194 Å². The SMILES string of the molecule is CC(C)c1cc2c3c(c1)N(c1ccc(-c4ccccc4)cc1)c1cc(-c4ccccc4)ccc1B3c1ccc(-c3ccccc3)cc1N2c1ccccc1. The summed E-state index contributed by atoms with van der Waals surface area (Å²) in [6, 6.07) is 71.4.